The molecular formula is C11H20N2O4. The summed E-state index contributed by atoms with van der Waals surface area (Å²) in [4.78, 5) is 22.9. The maximum absolute atomic E-state index is 11.6. The van der Waals surface area contributed by atoms with Crippen LogP contribution in [0.1, 0.15) is 26.7 Å². The molecule has 98 valence electrons. The van der Waals surface area contributed by atoms with Gasteiger partial charge < -0.3 is 20.5 Å². The minimum atomic E-state index is -1.18. The lowest BCUT2D eigenvalue weighted by Gasteiger charge is -2.33. The van der Waals surface area contributed by atoms with E-state index in [1.165, 1.54) is 0 Å². The largest absolute Gasteiger partial charge is 0.480 e. The molecule has 1 rings (SSSR count). The molecule has 0 bridgehead atoms. The van der Waals surface area contributed by atoms with E-state index in [1.807, 2.05) is 13.8 Å². The van der Waals surface area contributed by atoms with E-state index < -0.39 is 17.5 Å². The number of hydrogen-bond donors (Lipinski definition) is 3. The highest BCUT2D eigenvalue weighted by Crippen LogP contribution is 2.20. The van der Waals surface area contributed by atoms with E-state index in [1.54, 1.807) is 0 Å². The van der Waals surface area contributed by atoms with Crippen LogP contribution < -0.4 is 10.6 Å². The van der Waals surface area contributed by atoms with Gasteiger partial charge in [-0.15, -0.1) is 0 Å². The number of hydrogen-bond acceptors (Lipinski definition) is 3. The second-order valence-corrected chi connectivity index (χ2v) is 4.73. The Hall–Kier alpha value is -1.30. The van der Waals surface area contributed by atoms with Crippen molar-refractivity contribution >= 4 is 12.0 Å². The van der Waals surface area contributed by atoms with Gasteiger partial charge in [-0.2, -0.15) is 0 Å². The van der Waals surface area contributed by atoms with Gasteiger partial charge in [0.05, 0.1) is 0 Å². The summed E-state index contributed by atoms with van der Waals surface area (Å²) in [5.41, 5.74) is -1.18. The molecule has 0 aliphatic carbocycles. The Morgan fingerprint density at radius 3 is 2.41 bits per heavy atom. The molecule has 17 heavy (non-hydrogen) atoms. The van der Waals surface area contributed by atoms with Gasteiger partial charge >= 0.3 is 12.0 Å². The third kappa shape index (κ3) is 3.89. The van der Waals surface area contributed by atoms with Crippen LogP contribution in [0.2, 0.25) is 0 Å². The van der Waals surface area contributed by atoms with E-state index in [9.17, 15) is 14.7 Å². The first kappa shape index (κ1) is 13.8. The molecule has 0 atom stereocenters. The second-order valence-electron chi connectivity index (χ2n) is 4.73. The maximum Gasteiger partial charge on any atom is 0.329 e. The summed E-state index contributed by atoms with van der Waals surface area (Å²) in [5, 5.41) is 14.4. The number of carbonyl (C=O) groups is 2. The van der Waals surface area contributed by atoms with Crippen LogP contribution in [-0.2, 0) is 9.53 Å². The molecule has 0 aromatic heterocycles. The molecule has 0 radical (unpaired) electrons. The predicted molar refractivity (Wildman–Crippen MR) is 61.8 cm³/mol. The minimum Gasteiger partial charge on any atom is -0.480 e. The van der Waals surface area contributed by atoms with Gasteiger partial charge in [-0.1, -0.05) is 13.8 Å². The van der Waals surface area contributed by atoms with Crippen molar-refractivity contribution in [2.45, 2.75) is 32.2 Å². The third-order valence-electron chi connectivity index (χ3n) is 2.78. The first-order valence-corrected chi connectivity index (χ1v) is 5.83. The Labute approximate surface area is 101 Å². The molecule has 3 N–H and O–H groups in total. The monoisotopic (exact) mass is 244 g/mol. The fraction of sp³-hybridized carbons (Fsp3) is 0.818. The summed E-state index contributed by atoms with van der Waals surface area (Å²) in [5.74, 6) is -0.670. The highest BCUT2D eigenvalue weighted by molar-refractivity contribution is 5.86. The number of nitrogens with one attached hydrogen (secondary N) is 2. The molecular weight excluding hydrogens is 224 g/mol. The fourth-order valence-electron chi connectivity index (χ4n) is 1.67. The van der Waals surface area contributed by atoms with Crippen LogP contribution in [-0.4, -0.2) is 42.4 Å². The van der Waals surface area contributed by atoms with E-state index >= 15 is 0 Å². The standard InChI is InChI=1S/C11H20N2O4/c1-8(2)7-12-10(16)13-11(9(14)15)3-5-17-6-4-11/h8H,3-7H2,1-2H3,(H,14,15)(H2,12,13,16). The van der Waals surface area contributed by atoms with Gasteiger partial charge in [0.1, 0.15) is 5.54 Å². The number of aliphatic carboxylic acids is 1. The van der Waals surface area contributed by atoms with E-state index in [-0.39, 0.29) is 0 Å². The molecule has 1 heterocycles. The SMILES string of the molecule is CC(C)CNC(=O)NC1(C(=O)O)CCOCC1. The molecule has 0 spiro atoms. The molecule has 0 saturated carbocycles. The first-order chi connectivity index (χ1) is 7.96. The van der Waals surface area contributed by atoms with E-state index in [0.717, 1.165) is 0 Å². The van der Waals surface area contributed by atoms with Crippen LogP contribution >= 0.6 is 0 Å². The summed E-state index contributed by atoms with van der Waals surface area (Å²) in [6.45, 7) is 5.19. The molecule has 0 aromatic carbocycles. The van der Waals surface area contributed by atoms with Gasteiger partial charge in [0.15, 0.2) is 0 Å². The van der Waals surface area contributed by atoms with Crippen molar-refractivity contribution < 1.29 is 19.4 Å². The van der Waals surface area contributed by atoms with Gasteiger partial charge in [0.2, 0.25) is 0 Å². The molecule has 1 aliphatic heterocycles. The zero-order chi connectivity index (χ0) is 12.9. The Morgan fingerprint density at radius 2 is 1.94 bits per heavy atom. The molecule has 1 saturated heterocycles. The Balaban J connectivity index is 2.54. The highest BCUT2D eigenvalue weighted by atomic mass is 16.5. The summed E-state index contributed by atoms with van der Waals surface area (Å²) >= 11 is 0. The average molecular weight is 244 g/mol. The number of urea groups is 1. The van der Waals surface area contributed by atoms with Crippen LogP contribution in [0.4, 0.5) is 4.79 Å². The van der Waals surface area contributed by atoms with Crippen LogP contribution in [0.15, 0.2) is 0 Å². The van der Waals surface area contributed by atoms with Crippen LogP contribution in [0, 0.1) is 5.92 Å². The zero-order valence-corrected chi connectivity index (χ0v) is 10.3. The maximum atomic E-state index is 11.6. The van der Waals surface area contributed by atoms with Crippen LogP contribution in [0.25, 0.3) is 0 Å². The summed E-state index contributed by atoms with van der Waals surface area (Å²) in [6.07, 6.45) is 0.606. The third-order valence-corrected chi connectivity index (χ3v) is 2.78. The van der Waals surface area contributed by atoms with E-state index in [0.29, 0.717) is 38.5 Å². The summed E-state index contributed by atoms with van der Waals surface area (Å²) in [7, 11) is 0. The number of carboxylic acid groups (broad SMARTS) is 1. The van der Waals surface area contributed by atoms with Crippen molar-refractivity contribution in [2.75, 3.05) is 19.8 Å². The Morgan fingerprint density at radius 1 is 1.35 bits per heavy atom. The second kappa shape index (κ2) is 5.86. The van der Waals surface area contributed by atoms with Gasteiger partial charge in [-0.25, -0.2) is 9.59 Å². The summed E-state index contributed by atoms with van der Waals surface area (Å²) in [6, 6.07) is -0.428. The topological polar surface area (TPSA) is 87.7 Å². The lowest BCUT2D eigenvalue weighted by atomic mass is 9.90. The molecule has 0 aromatic rings. The fourth-order valence-corrected chi connectivity index (χ4v) is 1.67. The smallest absolute Gasteiger partial charge is 0.329 e. The molecule has 1 aliphatic rings. The van der Waals surface area contributed by atoms with Crippen molar-refractivity contribution in [1.82, 2.24) is 10.6 Å². The van der Waals surface area contributed by atoms with Gasteiger partial charge in [0.25, 0.3) is 0 Å². The van der Waals surface area contributed by atoms with E-state index in [2.05, 4.69) is 10.6 Å². The first-order valence-electron chi connectivity index (χ1n) is 5.83. The molecule has 6 heteroatoms. The van der Waals surface area contributed by atoms with Crippen molar-refractivity contribution in [3.8, 4) is 0 Å². The molecule has 0 unspecified atom stereocenters. The predicted octanol–water partition coefficient (Wildman–Crippen LogP) is 0.575. The number of amides is 2. The average Bonchev–Trinajstić information content (AvgIpc) is 2.27. The number of carboxylic acids is 1. The molecule has 2 amide bonds. The quantitative estimate of drug-likeness (QED) is 0.675. The van der Waals surface area contributed by atoms with Gasteiger partial charge in [0, 0.05) is 32.6 Å². The van der Waals surface area contributed by atoms with Gasteiger partial charge in [-0.05, 0) is 5.92 Å². The van der Waals surface area contributed by atoms with Crippen molar-refractivity contribution in [3.05, 3.63) is 0 Å². The lowest BCUT2D eigenvalue weighted by Crippen LogP contribution is -2.59. The molecule has 6 nitrogen and oxygen atoms in total. The lowest BCUT2D eigenvalue weighted by molar-refractivity contribution is -0.148. The number of carbonyl (C=O) groups excluding carboxylic acids is 1. The Kier molecular flexibility index (Phi) is 4.74. The Bertz CT molecular complexity index is 285. The normalized spacial score (nSPS) is 18.8. The van der Waals surface area contributed by atoms with Crippen molar-refractivity contribution in [1.29, 1.82) is 0 Å². The molecule has 1 fully saturated rings. The van der Waals surface area contributed by atoms with Crippen molar-refractivity contribution in [2.24, 2.45) is 5.92 Å². The van der Waals surface area contributed by atoms with Crippen LogP contribution in [0.5, 0.6) is 0 Å². The van der Waals surface area contributed by atoms with Crippen molar-refractivity contribution in [3.63, 3.8) is 0 Å². The zero-order valence-electron chi connectivity index (χ0n) is 10.3. The van der Waals surface area contributed by atoms with Gasteiger partial charge in [-0.3, -0.25) is 0 Å². The highest BCUT2D eigenvalue weighted by Gasteiger charge is 2.41. The minimum absolute atomic E-state index is 0.303. The van der Waals surface area contributed by atoms with E-state index in [4.69, 9.17) is 4.74 Å². The number of ether oxygens (including phenoxy) is 1. The van der Waals surface area contributed by atoms with Crippen LogP contribution in [0.3, 0.4) is 0 Å². The number of rotatable bonds is 4. The summed E-state index contributed by atoms with van der Waals surface area (Å²) < 4.78 is 5.12.